The van der Waals surface area contributed by atoms with Crippen molar-refractivity contribution in [1.82, 2.24) is 14.3 Å². The number of carbonyl (C=O) groups excluding carboxylic acids is 1. The molecular formula is C17H20F3N3O. The Hall–Kier alpha value is -2.05. The van der Waals surface area contributed by atoms with Gasteiger partial charge in [-0.1, -0.05) is 13.8 Å². The second kappa shape index (κ2) is 5.79. The average molecular weight is 339 g/mol. The Labute approximate surface area is 138 Å². The smallest absolute Gasteiger partial charge is 0.337 e. The lowest BCUT2D eigenvalue weighted by Gasteiger charge is -2.35. The van der Waals surface area contributed by atoms with E-state index in [1.807, 2.05) is 0 Å². The zero-order chi connectivity index (χ0) is 17.6. The Morgan fingerprint density at radius 1 is 1.21 bits per heavy atom. The van der Waals surface area contributed by atoms with Crippen LogP contribution in [0.4, 0.5) is 13.2 Å². The first-order chi connectivity index (χ1) is 11.2. The van der Waals surface area contributed by atoms with Crippen LogP contribution in [0.15, 0.2) is 18.3 Å². The van der Waals surface area contributed by atoms with Gasteiger partial charge in [-0.3, -0.25) is 9.20 Å². The molecule has 2 aromatic heterocycles. The number of rotatable bonds is 1. The van der Waals surface area contributed by atoms with Crippen LogP contribution < -0.4 is 0 Å². The number of fused-ring (bicyclic) bond motifs is 1. The van der Waals surface area contributed by atoms with E-state index >= 15 is 0 Å². The monoisotopic (exact) mass is 339 g/mol. The number of alkyl halides is 3. The molecule has 0 radical (unpaired) electrons. The summed E-state index contributed by atoms with van der Waals surface area (Å²) in [4.78, 5) is 18.9. The van der Waals surface area contributed by atoms with E-state index in [4.69, 9.17) is 0 Å². The first-order valence-electron chi connectivity index (χ1n) is 8.02. The van der Waals surface area contributed by atoms with Gasteiger partial charge in [-0.25, -0.2) is 4.98 Å². The molecule has 24 heavy (non-hydrogen) atoms. The lowest BCUT2D eigenvalue weighted by Crippen LogP contribution is -2.43. The van der Waals surface area contributed by atoms with Crippen LogP contribution in [0.3, 0.4) is 0 Å². The molecule has 2 atom stereocenters. The van der Waals surface area contributed by atoms with E-state index in [1.165, 1.54) is 10.5 Å². The summed E-state index contributed by atoms with van der Waals surface area (Å²) in [6.45, 7) is 7.06. The first kappa shape index (κ1) is 16.8. The quantitative estimate of drug-likeness (QED) is 0.793. The molecule has 1 aliphatic heterocycles. The number of aromatic nitrogens is 2. The second-order valence-electron chi connectivity index (χ2n) is 6.85. The first-order valence-corrected chi connectivity index (χ1v) is 8.02. The molecule has 4 nitrogen and oxygen atoms in total. The molecule has 130 valence electrons. The van der Waals surface area contributed by atoms with Crippen LogP contribution in [0.5, 0.6) is 0 Å². The Kier molecular flexibility index (Phi) is 4.05. The topological polar surface area (TPSA) is 37.6 Å². The van der Waals surface area contributed by atoms with Crippen molar-refractivity contribution in [2.24, 2.45) is 11.8 Å². The molecule has 3 heterocycles. The fraction of sp³-hybridized carbons (Fsp3) is 0.529. The van der Waals surface area contributed by atoms with Crippen molar-refractivity contribution in [2.75, 3.05) is 13.1 Å². The number of imidazole rings is 1. The molecule has 7 heteroatoms. The summed E-state index contributed by atoms with van der Waals surface area (Å²) in [6.07, 6.45) is -2.45. The van der Waals surface area contributed by atoms with Crippen LogP contribution in [0.2, 0.25) is 0 Å². The van der Waals surface area contributed by atoms with Crippen molar-refractivity contribution in [3.8, 4) is 0 Å². The number of nitrogens with zero attached hydrogens (tertiary/aromatic N) is 3. The van der Waals surface area contributed by atoms with E-state index in [1.54, 1.807) is 11.8 Å². The van der Waals surface area contributed by atoms with Crippen LogP contribution in [-0.2, 0) is 6.18 Å². The van der Waals surface area contributed by atoms with Gasteiger partial charge in [0.2, 0.25) is 0 Å². The summed E-state index contributed by atoms with van der Waals surface area (Å²) >= 11 is 0. The third-order valence-corrected chi connectivity index (χ3v) is 4.48. The van der Waals surface area contributed by atoms with E-state index < -0.39 is 11.7 Å². The van der Waals surface area contributed by atoms with Gasteiger partial charge >= 0.3 is 6.18 Å². The van der Waals surface area contributed by atoms with Crippen molar-refractivity contribution in [2.45, 2.75) is 33.4 Å². The van der Waals surface area contributed by atoms with Gasteiger partial charge in [0.25, 0.3) is 5.91 Å². The van der Waals surface area contributed by atoms with Crippen LogP contribution in [0.1, 0.15) is 42.0 Å². The number of halogens is 3. The summed E-state index contributed by atoms with van der Waals surface area (Å²) in [7, 11) is 0. The summed E-state index contributed by atoms with van der Waals surface area (Å²) in [5.41, 5.74) is 0.228. The van der Waals surface area contributed by atoms with Crippen molar-refractivity contribution in [3.63, 3.8) is 0 Å². The van der Waals surface area contributed by atoms with Crippen molar-refractivity contribution >= 4 is 11.6 Å². The molecule has 0 bridgehead atoms. The number of aryl methyl sites for hydroxylation is 1. The molecule has 0 spiro atoms. The third-order valence-electron chi connectivity index (χ3n) is 4.48. The summed E-state index contributed by atoms with van der Waals surface area (Å²) in [6, 6.07) is 2.29. The van der Waals surface area contributed by atoms with Crippen LogP contribution >= 0.6 is 0 Å². The number of pyridine rings is 1. The molecule has 0 saturated carbocycles. The van der Waals surface area contributed by atoms with Crippen LogP contribution in [0.25, 0.3) is 5.65 Å². The highest BCUT2D eigenvalue weighted by Crippen LogP contribution is 2.30. The molecule has 1 fully saturated rings. The lowest BCUT2D eigenvalue weighted by molar-refractivity contribution is -0.137. The lowest BCUT2D eigenvalue weighted by atomic mass is 9.91. The molecule has 1 saturated heterocycles. The predicted molar refractivity (Wildman–Crippen MR) is 83.8 cm³/mol. The summed E-state index contributed by atoms with van der Waals surface area (Å²) < 4.78 is 40.2. The van der Waals surface area contributed by atoms with E-state index in [-0.39, 0.29) is 11.6 Å². The van der Waals surface area contributed by atoms with Gasteiger partial charge in [0.1, 0.15) is 11.3 Å². The van der Waals surface area contributed by atoms with Crippen LogP contribution in [-0.4, -0.2) is 33.3 Å². The Balaban J connectivity index is 2.04. The molecular weight excluding hydrogens is 319 g/mol. The highest BCUT2D eigenvalue weighted by Gasteiger charge is 2.33. The molecule has 1 aliphatic rings. The fourth-order valence-electron chi connectivity index (χ4n) is 3.57. The predicted octanol–water partition coefficient (Wildman–Crippen LogP) is 3.78. The van der Waals surface area contributed by atoms with Gasteiger partial charge in [0, 0.05) is 19.3 Å². The zero-order valence-corrected chi connectivity index (χ0v) is 13.9. The van der Waals surface area contributed by atoms with Gasteiger partial charge in [0.15, 0.2) is 0 Å². The van der Waals surface area contributed by atoms with E-state index in [2.05, 4.69) is 18.8 Å². The summed E-state index contributed by atoms with van der Waals surface area (Å²) in [5.74, 6) is 0.503. The highest BCUT2D eigenvalue weighted by molar-refractivity contribution is 5.94. The van der Waals surface area contributed by atoms with Gasteiger partial charge in [-0.2, -0.15) is 13.2 Å². The van der Waals surface area contributed by atoms with Crippen molar-refractivity contribution in [3.05, 3.63) is 35.3 Å². The zero-order valence-electron chi connectivity index (χ0n) is 13.9. The van der Waals surface area contributed by atoms with Gasteiger partial charge in [-0.15, -0.1) is 0 Å². The van der Waals surface area contributed by atoms with E-state index in [9.17, 15) is 18.0 Å². The van der Waals surface area contributed by atoms with E-state index in [0.29, 0.717) is 36.3 Å². The summed E-state index contributed by atoms with van der Waals surface area (Å²) in [5, 5.41) is 0. The highest BCUT2D eigenvalue weighted by atomic mass is 19.4. The maximum absolute atomic E-state index is 13.0. The molecule has 0 aliphatic carbocycles. The van der Waals surface area contributed by atoms with Gasteiger partial charge in [-0.05, 0) is 37.3 Å². The number of hydrogen-bond acceptors (Lipinski definition) is 2. The standard InChI is InChI=1S/C17H20F3N3O/c1-10-6-11(2)8-22(7-10)16(24)15-12(3)21-14-5-4-13(9-23(14)15)17(18,19)20/h4-5,9-11H,6-8H2,1-3H3. The fourth-order valence-corrected chi connectivity index (χ4v) is 3.57. The van der Waals surface area contributed by atoms with Crippen LogP contribution in [0, 0.1) is 18.8 Å². The maximum atomic E-state index is 13.0. The minimum atomic E-state index is -4.46. The van der Waals surface area contributed by atoms with Gasteiger partial charge < -0.3 is 4.90 Å². The minimum absolute atomic E-state index is 0.220. The number of amides is 1. The largest absolute Gasteiger partial charge is 0.417 e. The molecule has 2 aromatic rings. The number of hydrogen-bond donors (Lipinski definition) is 0. The Bertz CT molecular complexity index is 771. The molecule has 2 unspecified atom stereocenters. The molecule has 0 aromatic carbocycles. The second-order valence-corrected chi connectivity index (χ2v) is 6.85. The molecule has 1 amide bonds. The minimum Gasteiger partial charge on any atom is -0.337 e. The van der Waals surface area contributed by atoms with Crippen molar-refractivity contribution in [1.29, 1.82) is 0 Å². The SMILES string of the molecule is Cc1nc2ccc(C(F)(F)F)cn2c1C(=O)N1CC(C)CC(C)C1. The molecule has 0 N–H and O–H groups in total. The third kappa shape index (κ3) is 2.99. The number of carbonyl (C=O) groups is 1. The normalized spacial score (nSPS) is 22.2. The maximum Gasteiger partial charge on any atom is 0.417 e. The number of piperidine rings is 1. The van der Waals surface area contributed by atoms with E-state index in [0.717, 1.165) is 18.7 Å². The Morgan fingerprint density at radius 3 is 2.42 bits per heavy atom. The number of likely N-dealkylation sites (tertiary alicyclic amines) is 1. The molecule has 3 rings (SSSR count). The average Bonchev–Trinajstić information content (AvgIpc) is 2.79. The van der Waals surface area contributed by atoms with Gasteiger partial charge in [0.05, 0.1) is 11.3 Å². The Morgan fingerprint density at radius 2 is 1.83 bits per heavy atom. The van der Waals surface area contributed by atoms with Crippen molar-refractivity contribution < 1.29 is 18.0 Å².